The van der Waals surface area contributed by atoms with Crippen LogP contribution in [0.2, 0.25) is 0 Å². The van der Waals surface area contributed by atoms with Gasteiger partial charge in [-0.2, -0.15) is 0 Å². The Balaban J connectivity index is 1.46. The number of nitrogens with zero attached hydrogens (tertiary/aromatic N) is 3. The SMILES string of the molecule is COC1=CCC=CC=C1c1nc(C)c(C(=O)N2CCCCN(C3CCCC3)CCC2)s1. The zero-order valence-electron chi connectivity index (χ0n) is 18.9. The predicted octanol–water partition coefficient (Wildman–Crippen LogP) is 5.20. The summed E-state index contributed by atoms with van der Waals surface area (Å²) in [5, 5.41) is 0.858. The molecule has 0 unspecified atom stereocenters. The number of aromatic nitrogens is 1. The van der Waals surface area contributed by atoms with E-state index in [-0.39, 0.29) is 5.91 Å². The molecule has 0 spiro atoms. The highest BCUT2D eigenvalue weighted by atomic mass is 32.1. The van der Waals surface area contributed by atoms with Crippen molar-refractivity contribution in [3.8, 4) is 0 Å². The molecule has 1 saturated heterocycles. The van der Waals surface area contributed by atoms with Crippen LogP contribution in [-0.4, -0.2) is 60.0 Å². The average molecular weight is 442 g/mol. The van der Waals surface area contributed by atoms with Gasteiger partial charge >= 0.3 is 0 Å². The van der Waals surface area contributed by atoms with Crippen LogP contribution in [0.5, 0.6) is 0 Å². The van der Waals surface area contributed by atoms with Gasteiger partial charge in [0.1, 0.15) is 15.6 Å². The maximum absolute atomic E-state index is 13.5. The van der Waals surface area contributed by atoms with Crippen molar-refractivity contribution in [1.29, 1.82) is 0 Å². The van der Waals surface area contributed by atoms with Crippen molar-refractivity contribution in [2.75, 3.05) is 33.3 Å². The third kappa shape index (κ3) is 5.29. The monoisotopic (exact) mass is 441 g/mol. The molecule has 2 aliphatic carbocycles. The van der Waals surface area contributed by atoms with Gasteiger partial charge in [0.05, 0.1) is 18.4 Å². The number of hydrogen-bond acceptors (Lipinski definition) is 5. The number of carbonyl (C=O) groups excluding carboxylic acids is 1. The van der Waals surface area contributed by atoms with Gasteiger partial charge in [0.25, 0.3) is 5.91 Å². The molecule has 0 N–H and O–H groups in total. The summed E-state index contributed by atoms with van der Waals surface area (Å²) in [7, 11) is 1.69. The fourth-order valence-corrected chi connectivity index (χ4v) is 6.04. The predicted molar refractivity (Wildman–Crippen MR) is 127 cm³/mol. The number of rotatable bonds is 4. The number of hydrogen-bond donors (Lipinski definition) is 0. The van der Waals surface area contributed by atoms with E-state index < -0.39 is 0 Å². The molecule has 0 atom stereocenters. The van der Waals surface area contributed by atoms with Crippen molar-refractivity contribution < 1.29 is 9.53 Å². The molecule has 0 radical (unpaired) electrons. The minimum Gasteiger partial charge on any atom is -0.496 e. The summed E-state index contributed by atoms with van der Waals surface area (Å²) in [6, 6.07) is 0.776. The van der Waals surface area contributed by atoms with Crippen molar-refractivity contribution in [2.45, 2.75) is 64.3 Å². The summed E-state index contributed by atoms with van der Waals surface area (Å²) in [4.78, 5) is 23.7. The van der Waals surface area contributed by atoms with Gasteiger partial charge in [-0.25, -0.2) is 4.98 Å². The molecular formula is C25H35N3O2S. The second-order valence-electron chi connectivity index (χ2n) is 8.78. The van der Waals surface area contributed by atoms with Gasteiger partial charge in [-0.3, -0.25) is 4.79 Å². The van der Waals surface area contributed by atoms with Gasteiger partial charge in [0.15, 0.2) is 0 Å². The highest BCUT2D eigenvalue weighted by Crippen LogP contribution is 2.32. The molecule has 3 aliphatic rings. The van der Waals surface area contributed by atoms with E-state index >= 15 is 0 Å². The van der Waals surface area contributed by atoms with Gasteiger partial charge in [0, 0.05) is 25.7 Å². The highest BCUT2D eigenvalue weighted by Gasteiger charge is 2.26. The molecule has 1 saturated carbocycles. The molecule has 0 aromatic carbocycles. The summed E-state index contributed by atoms with van der Waals surface area (Å²) < 4.78 is 5.58. The maximum Gasteiger partial charge on any atom is 0.265 e. The third-order valence-electron chi connectivity index (χ3n) is 6.67. The Morgan fingerprint density at radius 1 is 1.10 bits per heavy atom. The smallest absolute Gasteiger partial charge is 0.265 e. The van der Waals surface area contributed by atoms with Gasteiger partial charge in [-0.15, -0.1) is 11.3 Å². The molecule has 1 amide bonds. The largest absolute Gasteiger partial charge is 0.496 e. The molecule has 5 nitrogen and oxygen atoms in total. The molecule has 168 valence electrons. The second kappa shape index (κ2) is 10.6. The van der Waals surface area contributed by atoms with Crippen molar-refractivity contribution in [3.05, 3.63) is 45.6 Å². The Labute approximate surface area is 190 Å². The first-order valence-electron chi connectivity index (χ1n) is 11.8. The first-order chi connectivity index (χ1) is 15.2. The Kier molecular flexibility index (Phi) is 7.62. The van der Waals surface area contributed by atoms with Crippen LogP contribution in [0.3, 0.4) is 0 Å². The topological polar surface area (TPSA) is 45.7 Å². The van der Waals surface area contributed by atoms with Crippen LogP contribution >= 0.6 is 11.3 Å². The Morgan fingerprint density at radius 2 is 1.84 bits per heavy atom. The van der Waals surface area contributed by atoms with Gasteiger partial charge in [-0.1, -0.05) is 25.0 Å². The molecule has 1 aromatic rings. The minimum atomic E-state index is 0.142. The van der Waals surface area contributed by atoms with E-state index in [9.17, 15) is 4.79 Å². The molecule has 1 aliphatic heterocycles. The summed E-state index contributed by atoms with van der Waals surface area (Å²) >= 11 is 1.50. The lowest BCUT2D eigenvalue weighted by molar-refractivity contribution is 0.0755. The molecular weight excluding hydrogens is 406 g/mol. The van der Waals surface area contributed by atoms with E-state index in [1.807, 2.05) is 19.1 Å². The molecule has 1 aromatic heterocycles. The zero-order valence-corrected chi connectivity index (χ0v) is 19.8. The van der Waals surface area contributed by atoms with Crippen LogP contribution in [-0.2, 0) is 4.74 Å². The molecule has 31 heavy (non-hydrogen) atoms. The van der Waals surface area contributed by atoms with Crippen molar-refractivity contribution in [3.63, 3.8) is 0 Å². The minimum absolute atomic E-state index is 0.142. The van der Waals surface area contributed by atoms with E-state index in [0.29, 0.717) is 0 Å². The molecule has 2 heterocycles. The highest BCUT2D eigenvalue weighted by molar-refractivity contribution is 7.15. The lowest BCUT2D eigenvalue weighted by Gasteiger charge is -2.28. The number of allylic oxidation sites excluding steroid dienone is 5. The van der Waals surface area contributed by atoms with Crippen LogP contribution in [0, 0.1) is 6.92 Å². The normalized spacial score (nSPS) is 21.7. The summed E-state index contributed by atoms with van der Waals surface area (Å²) in [5.41, 5.74) is 1.78. The van der Waals surface area contributed by atoms with Gasteiger partial charge in [0.2, 0.25) is 0 Å². The Morgan fingerprint density at radius 3 is 2.65 bits per heavy atom. The number of aryl methyl sites for hydroxylation is 1. The lowest BCUT2D eigenvalue weighted by Crippen LogP contribution is -2.36. The maximum atomic E-state index is 13.5. The van der Waals surface area contributed by atoms with E-state index in [1.165, 1.54) is 50.0 Å². The third-order valence-corrected chi connectivity index (χ3v) is 7.85. The van der Waals surface area contributed by atoms with E-state index in [1.54, 1.807) is 7.11 Å². The number of thiazole rings is 1. The molecule has 0 bridgehead atoms. The van der Waals surface area contributed by atoms with Gasteiger partial charge < -0.3 is 14.5 Å². The van der Waals surface area contributed by atoms with Crippen LogP contribution in [0.1, 0.15) is 71.7 Å². The van der Waals surface area contributed by atoms with Crippen molar-refractivity contribution >= 4 is 22.8 Å². The number of ether oxygens (including phenoxy) is 1. The Bertz CT molecular complexity index is 864. The molecule has 2 fully saturated rings. The molecule has 6 heteroatoms. The number of methoxy groups -OCH3 is 1. The summed E-state index contributed by atoms with van der Waals surface area (Å²) in [6.45, 7) is 5.93. The first-order valence-corrected chi connectivity index (χ1v) is 12.6. The number of amides is 1. The fraction of sp³-hybridized carbons (Fsp3) is 0.600. The van der Waals surface area contributed by atoms with Crippen LogP contribution in [0.15, 0.2) is 30.1 Å². The van der Waals surface area contributed by atoms with Crippen LogP contribution in [0.4, 0.5) is 0 Å². The van der Waals surface area contributed by atoms with E-state index in [4.69, 9.17) is 9.72 Å². The van der Waals surface area contributed by atoms with Crippen LogP contribution in [0.25, 0.3) is 5.57 Å². The quantitative estimate of drug-likeness (QED) is 0.645. The van der Waals surface area contributed by atoms with E-state index in [0.717, 1.165) is 71.8 Å². The number of carbonyl (C=O) groups is 1. The Hall–Kier alpha value is -1.92. The summed E-state index contributed by atoms with van der Waals surface area (Å²) in [5.74, 6) is 0.968. The zero-order chi connectivity index (χ0) is 21.6. The fourth-order valence-electron chi connectivity index (χ4n) is 4.98. The summed E-state index contributed by atoms with van der Waals surface area (Å²) in [6.07, 6.45) is 17.8. The van der Waals surface area contributed by atoms with Crippen LogP contribution < -0.4 is 0 Å². The standard InChI is InChI=1S/C25H35N3O2S/c1-19-23(31-24(26-19)21-13-4-3-5-14-22(21)30-2)25(29)28-16-9-8-15-27(17-10-18-28)20-11-6-7-12-20/h3-4,13-14,20H,5-12,15-18H2,1-2H3. The second-order valence-corrected chi connectivity index (χ2v) is 9.78. The van der Waals surface area contributed by atoms with Crippen molar-refractivity contribution in [2.24, 2.45) is 0 Å². The van der Waals surface area contributed by atoms with E-state index in [2.05, 4.69) is 22.0 Å². The molecule has 4 rings (SSSR count). The first kappa shape index (κ1) is 22.3. The van der Waals surface area contributed by atoms with Crippen molar-refractivity contribution in [1.82, 2.24) is 14.8 Å². The average Bonchev–Trinajstić information content (AvgIpc) is 3.39. The lowest BCUT2D eigenvalue weighted by atomic mass is 10.2. The van der Waals surface area contributed by atoms with Gasteiger partial charge in [-0.05, 0) is 64.1 Å².